The van der Waals surface area contributed by atoms with Crippen LogP contribution in [0.1, 0.15) is 18.9 Å². The van der Waals surface area contributed by atoms with Crippen LogP contribution in [0.4, 0.5) is 5.69 Å². The molecule has 0 radical (unpaired) electrons. The maximum Gasteiger partial charge on any atom is 0.0381 e. The quantitative estimate of drug-likeness (QED) is 0.863. The number of halogens is 1. The standard InChI is InChI=1S/C12H19BrN2/c1-9(8-14)5-6-15-12-7-11(13)4-3-10(12)2/h3-4,7,9,15H,5-6,8,14H2,1-2H3. The number of benzene rings is 1. The second-order valence-electron chi connectivity index (χ2n) is 4.02. The molecule has 15 heavy (non-hydrogen) atoms. The van der Waals surface area contributed by atoms with Crippen LogP contribution in [-0.2, 0) is 0 Å². The van der Waals surface area contributed by atoms with Crippen LogP contribution >= 0.6 is 15.9 Å². The van der Waals surface area contributed by atoms with Crippen molar-refractivity contribution < 1.29 is 0 Å². The smallest absolute Gasteiger partial charge is 0.0381 e. The first-order chi connectivity index (χ1) is 7.13. The average molecular weight is 271 g/mol. The average Bonchev–Trinajstić information content (AvgIpc) is 2.23. The van der Waals surface area contributed by atoms with Gasteiger partial charge in [-0.25, -0.2) is 0 Å². The normalized spacial score (nSPS) is 12.5. The Bertz CT molecular complexity index is 312. The number of nitrogens with two attached hydrogens (primary N) is 1. The zero-order valence-electron chi connectivity index (χ0n) is 9.39. The molecule has 0 aliphatic rings. The van der Waals surface area contributed by atoms with Gasteiger partial charge in [0.1, 0.15) is 0 Å². The third-order valence-electron chi connectivity index (χ3n) is 2.55. The van der Waals surface area contributed by atoms with Crippen molar-refractivity contribution in [3.8, 4) is 0 Å². The Hall–Kier alpha value is -0.540. The molecule has 3 heteroatoms. The van der Waals surface area contributed by atoms with Gasteiger partial charge >= 0.3 is 0 Å². The summed E-state index contributed by atoms with van der Waals surface area (Å²) in [5.74, 6) is 0.588. The van der Waals surface area contributed by atoms with Gasteiger partial charge in [0.15, 0.2) is 0 Å². The van der Waals surface area contributed by atoms with Crippen LogP contribution < -0.4 is 11.1 Å². The monoisotopic (exact) mass is 270 g/mol. The van der Waals surface area contributed by atoms with E-state index in [0.29, 0.717) is 5.92 Å². The fraction of sp³-hybridized carbons (Fsp3) is 0.500. The highest BCUT2D eigenvalue weighted by atomic mass is 79.9. The molecule has 0 spiro atoms. The van der Waals surface area contributed by atoms with Crippen molar-refractivity contribution in [2.75, 3.05) is 18.4 Å². The summed E-state index contributed by atoms with van der Waals surface area (Å²) in [7, 11) is 0. The van der Waals surface area contributed by atoms with E-state index in [1.807, 2.05) is 0 Å². The predicted octanol–water partition coefficient (Wildman–Crippen LogP) is 3.15. The summed E-state index contributed by atoms with van der Waals surface area (Å²) in [5.41, 5.74) is 8.05. The van der Waals surface area contributed by atoms with Crippen molar-refractivity contribution in [2.24, 2.45) is 11.7 Å². The zero-order chi connectivity index (χ0) is 11.3. The van der Waals surface area contributed by atoms with E-state index in [-0.39, 0.29) is 0 Å². The van der Waals surface area contributed by atoms with Gasteiger partial charge < -0.3 is 11.1 Å². The minimum atomic E-state index is 0.588. The molecule has 1 atom stereocenters. The lowest BCUT2D eigenvalue weighted by Crippen LogP contribution is -2.15. The summed E-state index contributed by atoms with van der Waals surface area (Å²) >= 11 is 3.47. The van der Waals surface area contributed by atoms with Gasteiger partial charge in [0.05, 0.1) is 0 Å². The Balaban J connectivity index is 2.46. The lowest BCUT2D eigenvalue weighted by Gasteiger charge is -2.12. The van der Waals surface area contributed by atoms with E-state index in [1.165, 1.54) is 11.3 Å². The number of rotatable bonds is 5. The van der Waals surface area contributed by atoms with Gasteiger partial charge in [-0.15, -0.1) is 0 Å². The number of anilines is 1. The van der Waals surface area contributed by atoms with Crippen molar-refractivity contribution in [3.63, 3.8) is 0 Å². The van der Waals surface area contributed by atoms with Crippen LogP contribution in [-0.4, -0.2) is 13.1 Å². The maximum atomic E-state index is 5.57. The molecule has 0 fully saturated rings. The molecule has 0 saturated carbocycles. The van der Waals surface area contributed by atoms with Crippen LogP contribution in [0, 0.1) is 12.8 Å². The van der Waals surface area contributed by atoms with Crippen molar-refractivity contribution in [1.82, 2.24) is 0 Å². The highest BCUT2D eigenvalue weighted by Crippen LogP contribution is 2.20. The predicted molar refractivity (Wildman–Crippen MR) is 70.2 cm³/mol. The van der Waals surface area contributed by atoms with Crippen molar-refractivity contribution in [2.45, 2.75) is 20.3 Å². The van der Waals surface area contributed by atoms with Gasteiger partial charge in [0.25, 0.3) is 0 Å². The van der Waals surface area contributed by atoms with E-state index in [2.05, 4.69) is 53.3 Å². The Morgan fingerprint density at radius 1 is 1.47 bits per heavy atom. The molecular formula is C12H19BrN2. The van der Waals surface area contributed by atoms with Gasteiger partial charge in [-0.05, 0) is 43.5 Å². The van der Waals surface area contributed by atoms with Gasteiger partial charge in [-0.3, -0.25) is 0 Å². The number of hydrogen-bond acceptors (Lipinski definition) is 2. The number of aryl methyl sites for hydroxylation is 1. The summed E-state index contributed by atoms with van der Waals surface area (Å²) < 4.78 is 1.11. The molecule has 84 valence electrons. The van der Waals surface area contributed by atoms with E-state index in [0.717, 1.165) is 24.0 Å². The maximum absolute atomic E-state index is 5.57. The van der Waals surface area contributed by atoms with Crippen LogP contribution in [0.5, 0.6) is 0 Å². The Kier molecular flexibility index (Phi) is 5.12. The van der Waals surface area contributed by atoms with Gasteiger partial charge in [0, 0.05) is 16.7 Å². The van der Waals surface area contributed by atoms with Gasteiger partial charge in [-0.2, -0.15) is 0 Å². The first kappa shape index (κ1) is 12.5. The van der Waals surface area contributed by atoms with Crippen molar-refractivity contribution in [3.05, 3.63) is 28.2 Å². The van der Waals surface area contributed by atoms with Crippen LogP contribution in [0.3, 0.4) is 0 Å². The fourth-order valence-electron chi connectivity index (χ4n) is 1.36. The molecule has 3 N–H and O–H groups in total. The van der Waals surface area contributed by atoms with Gasteiger partial charge in [0.2, 0.25) is 0 Å². The minimum Gasteiger partial charge on any atom is -0.385 e. The largest absolute Gasteiger partial charge is 0.385 e. The first-order valence-corrected chi connectivity index (χ1v) is 6.13. The zero-order valence-corrected chi connectivity index (χ0v) is 11.0. The van der Waals surface area contributed by atoms with E-state index in [1.54, 1.807) is 0 Å². The highest BCUT2D eigenvalue weighted by Gasteiger charge is 2.01. The summed E-state index contributed by atoms with van der Waals surface area (Å²) in [6.07, 6.45) is 1.11. The Labute approximate surface area is 100 Å². The van der Waals surface area contributed by atoms with Crippen LogP contribution in [0.2, 0.25) is 0 Å². The minimum absolute atomic E-state index is 0.588. The molecule has 0 aliphatic carbocycles. The second kappa shape index (κ2) is 6.13. The molecule has 0 amide bonds. The summed E-state index contributed by atoms with van der Waals surface area (Å²) in [6.45, 7) is 6.03. The van der Waals surface area contributed by atoms with Crippen LogP contribution in [0.15, 0.2) is 22.7 Å². The third-order valence-corrected chi connectivity index (χ3v) is 3.05. The number of nitrogens with one attached hydrogen (secondary N) is 1. The SMILES string of the molecule is Cc1ccc(Br)cc1NCCC(C)CN. The molecular weight excluding hydrogens is 252 g/mol. The fourth-order valence-corrected chi connectivity index (χ4v) is 1.72. The lowest BCUT2D eigenvalue weighted by atomic mass is 10.1. The van der Waals surface area contributed by atoms with Crippen molar-refractivity contribution in [1.29, 1.82) is 0 Å². The molecule has 1 unspecified atom stereocenters. The molecule has 1 aromatic rings. The van der Waals surface area contributed by atoms with E-state index in [9.17, 15) is 0 Å². The first-order valence-electron chi connectivity index (χ1n) is 5.33. The molecule has 2 nitrogen and oxygen atoms in total. The molecule has 0 saturated heterocycles. The second-order valence-corrected chi connectivity index (χ2v) is 4.93. The summed E-state index contributed by atoms with van der Waals surface area (Å²) in [4.78, 5) is 0. The lowest BCUT2D eigenvalue weighted by molar-refractivity contribution is 0.561. The third kappa shape index (κ3) is 4.22. The van der Waals surface area contributed by atoms with E-state index < -0.39 is 0 Å². The number of hydrogen-bond donors (Lipinski definition) is 2. The highest BCUT2D eigenvalue weighted by molar-refractivity contribution is 9.10. The van der Waals surface area contributed by atoms with Crippen molar-refractivity contribution >= 4 is 21.6 Å². The molecule has 0 aromatic heterocycles. The Morgan fingerprint density at radius 3 is 2.87 bits per heavy atom. The molecule has 1 rings (SSSR count). The molecule has 0 heterocycles. The Morgan fingerprint density at radius 2 is 2.20 bits per heavy atom. The van der Waals surface area contributed by atoms with Crippen LogP contribution in [0.25, 0.3) is 0 Å². The van der Waals surface area contributed by atoms with E-state index >= 15 is 0 Å². The van der Waals surface area contributed by atoms with E-state index in [4.69, 9.17) is 5.73 Å². The summed E-state index contributed by atoms with van der Waals surface area (Å²) in [6, 6.07) is 6.28. The molecule has 0 bridgehead atoms. The molecule has 1 aromatic carbocycles. The van der Waals surface area contributed by atoms with Gasteiger partial charge in [-0.1, -0.05) is 28.9 Å². The topological polar surface area (TPSA) is 38.0 Å². The summed E-state index contributed by atoms with van der Waals surface area (Å²) in [5, 5.41) is 3.43. The molecule has 0 aliphatic heterocycles.